The molecule has 3 aromatic heterocycles. The van der Waals surface area contributed by atoms with Crippen LogP contribution in [0.5, 0.6) is 17.4 Å². The number of ether oxygens (including phenoxy) is 2. The Labute approximate surface area is 252 Å². The van der Waals surface area contributed by atoms with Gasteiger partial charge in [0.05, 0.1) is 22.4 Å². The predicted molar refractivity (Wildman–Crippen MR) is 158 cm³/mol. The van der Waals surface area contributed by atoms with E-state index in [4.69, 9.17) is 14.1 Å². The highest BCUT2D eigenvalue weighted by molar-refractivity contribution is 5.87. The summed E-state index contributed by atoms with van der Waals surface area (Å²) in [5.41, 5.74) is 3.93. The van der Waals surface area contributed by atoms with Crippen molar-refractivity contribution in [1.29, 1.82) is 0 Å². The molecular weight excluding hydrogens is 585 g/mol. The van der Waals surface area contributed by atoms with Crippen LogP contribution in [0.15, 0.2) is 119 Å². The second-order valence-corrected chi connectivity index (χ2v) is 10.4. The van der Waals surface area contributed by atoms with Crippen LogP contribution in [0, 0.1) is 0 Å². The van der Waals surface area contributed by atoms with Gasteiger partial charge < -0.3 is 13.9 Å². The van der Waals surface area contributed by atoms with Crippen molar-refractivity contribution in [3.05, 3.63) is 137 Å². The standard InChI is InChI=1S/C34H19F3N4O4/c35-34(36,37)45-23-16-14-21(15-17-23)26-27-29(24-8-4-5-9-25(24)43-33(27)42)44-32-28(26)31-39-30(40-41(31)18-38-32)22-12-10-20(11-13-22)19-6-2-1-3-7-19/h1-18,26H. The van der Waals surface area contributed by atoms with Gasteiger partial charge in [0.25, 0.3) is 0 Å². The first kappa shape index (κ1) is 26.6. The summed E-state index contributed by atoms with van der Waals surface area (Å²) >= 11 is 0. The third-order valence-electron chi connectivity index (χ3n) is 7.66. The highest BCUT2D eigenvalue weighted by Gasteiger charge is 2.38. The second-order valence-electron chi connectivity index (χ2n) is 10.4. The molecule has 1 unspecified atom stereocenters. The summed E-state index contributed by atoms with van der Waals surface area (Å²) in [6, 6.07) is 30.0. The van der Waals surface area contributed by atoms with Crippen LogP contribution in [-0.4, -0.2) is 25.9 Å². The second kappa shape index (κ2) is 10.1. The Morgan fingerprint density at radius 3 is 2.22 bits per heavy atom. The SMILES string of the molecule is O=c1oc2ccccc2c2c1C(c1ccc(OC(F)(F)F)cc1)c1c(ncn3nc(-c4ccc(-c5ccccc5)cc4)nc13)O2. The van der Waals surface area contributed by atoms with Crippen molar-refractivity contribution < 1.29 is 27.1 Å². The maximum atomic E-state index is 13.6. The van der Waals surface area contributed by atoms with Gasteiger partial charge in [-0.2, -0.15) is 0 Å². The van der Waals surface area contributed by atoms with Crippen molar-refractivity contribution in [2.24, 2.45) is 0 Å². The van der Waals surface area contributed by atoms with Gasteiger partial charge in [-0.25, -0.2) is 19.3 Å². The van der Waals surface area contributed by atoms with Gasteiger partial charge in [0.15, 0.2) is 17.2 Å². The van der Waals surface area contributed by atoms with E-state index >= 15 is 0 Å². The Hall–Kier alpha value is -5.97. The summed E-state index contributed by atoms with van der Waals surface area (Å²) in [6.07, 6.45) is -3.38. The van der Waals surface area contributed by atoms with Gasteiger partial charge in [-0.05, 0) is 41.0 Å². The molecule has 0 bridgehead atoms. The molecule has 0 amide bonds. The fourth-order valence-electron chi connectivity index (χ4n) is 5.69. The number of aromatic nitrogens is 4. The van der Waals surface area contributed by atoms with E-state index in [9.17, 15) is 18.0 Å². The maximum Gasteiger partial charge on any atom is 0.573 e. The highest BCUT2D eigenvalue weighted by atomic mass is 19.4. The van der Waals surface area contributed by atoms with Gasteiger partial charge in [-0.1, -0.05) is 78.9 Å². The molecule has 0 radical (unpaired) electrons. The molecule has 7 aromatic rings. The number of alkyl halides is 3. The first-order valence-corrected chi connectivity index (χ1v) is 13.8. The number of nitrogens with zero attached hydrogens (tertiary/aromatic N) is 4. The van der Waals surface area contributed by atoms with Crippen molar-refractivity contribution >= 4 is 16.6 Å². The minimum atomic E-state index is -4.85. The number of para-hydroxylation sites is 1. The zero-order valence-corrected chi connectivity index (χ0v) is 23.0. The summed E-state index contributed by atoms with van der Waals surface area (Å²) in [5.74, 6) is -0.413. The van der Waals surface area contributed by atoms with E-state index in [1.54, 1.807) is 24.3 Å². The number of hydrogen-bond donors (Lipinski definition) is 0. The summed E-state index contributed by atoms with van der Waals surface area (Å²) in [5, 5.41) is 5.19. The van der Waals surface area contributed by atoms with E-state index in [2.05, 4.69) is 14.8 Å². The van der Waals surface area contributed by atoms with E-state index in [0.717, 1.165) is 16.7 Å². The Kier molecular flexibility index (Phi) is 5.95. The minimum absolute atomic E-state index is 0.164. The molecule has 0 fully saturated rings. The molecule has 1 atom stereocenters. The van der Waals surface area contributed by atoms with Gasteiger partial charge in [-0.15, -0.1) is 18.3 Å². The van der Waals surface area contributed by atoms with Crippen LogP contribution in [0.25, 0.3) is 39.1 Å². The van der Waals surface area contributed by atoms with Crippen molar-refractivity contribution in [2.75, 3.05) is 0 Å². The highest BCUT2D eigenvalue weighted by Crippen LogP contribution is 2.49. The molecule has 45 heavy (non-hydrogen) atoms. The first-order chi connectivity index (χ1) is 21.8. The Balaban J connectivity index is 1.30. The average Bonchev–Trinajstić information content (AvgIpc) is 3.49. The largest absolute Gasteiger partial charge is 0.573 e. The Bertz CT molecular complexity index is 2280. The average molecular weight is 605 g/mol. The third kappa shape index (κ3) is 4.65. The van der Waals surface area contributed by atoms with Crippen molar-refractivity contribution in [1.82, 2.24) is 19.6 Å². The van der Waals surface area contributed by atoms with Crippen molar-refractivity contribution in [2.45, 2.75) is 12.3 Å². The lowest BCUT2D eigenvalue weighted by Crippen LogP contribution is -2.22. The molecule has 0 aliphatic carbocycles. The quantitative estimate of drug-likeness (QED) is 0.190. The molecule has 4 aromatic carbocycles. The molecular formula is C34H19F3N4O4. The maximum absolute atomic E-state index is 13.6. The number of hydrogen-bond acceptors (Lipinski definition) is 7. The summed E-state index contributed by atoms with van der Waals surface area (Å²) in [7, 11) is 0. The van der Waals surface area contributed by atoms with Gasteiger partial charge >= 0.3 is 12.0 Å². The monoisotopic (exact) mass is 604 g/mol. The lowest BCUT2D eigenvalue weighted by molar-refractivity contribution is -0.274. The third-order valence-corrected chi connectivity index (χ3v) is 7.66. The van der Waals surface area contributed by atoms with E-state index in [1.807, 2.05) is 54.6 Å². The van der Waals surface area contributed by atoms with Crippen LogP contribution in [0.1, 0.15) is 22.6 Å². The molecule has 8 nitrogen and oxygen atoms in total. The van der Waals surface area contributed by atoms with Crippen LogP contribution in [-0.2, 0) is 0 Å². The number of fused-ring (bicyclic) bond motifs is 6. The molecule has 8 rings (SSSR count). The van der Waals surface area contributed by atoms with E-state index in [1.165, 1.54) is 35.1 Å². The molecule has 0 spiro atoms. The summed E-state index contributed by atoms with van der Waals surface area (Å²) in [6.45, 7) is 0. The van der Waals surface area contributed by atoms with Crippen LogP contribution in [0.2, 0.25) is 0 Å². The van der Waals surface area contributed by atoms with Gasteiger partial charge in [-0.3, -0.25) is 0 Å². The molecule has 4 heterocycles. The molecule has 11 heteroatoms. The Morgan fingerprint density at radius 1 is 0.778 bits per heavy atom. The smallest absolute Gasteiger partial charge is 0.437 e. The number of rotatable bonds is 4. The number of halogens is 3. The van der Waals surface area contributed by atoms with E-state index < -0.39 is 23.7 Å². The van der Waals surface area contributed by atoms with Crippen LogP contribution >= 0.6 is 0 Å². The first-order valence-electron chi connectivity index (χ1n) is 13.8. The van der Waals surface area contributed by atoms with Crippen LogP contribution in [0.4, 0.5) is 13.2 Å². The van der Waals surface area contributed by atoms with E-state index in [-0.39, 0.29) is 17.2 Å². The molecule has 0 N–H and O–H groups in total. The van der Waals surface area contributed by atoms with Crippen molar-refractivity contribution in [3.8, 4) is 39.9 Å². The lowest BCUT2D eigenvalue weighted by atomic mass is 9.84. The van der Waals surface area contributed by atoms with Crippen LogP contribution < -0.4 is 15.1 Å². The van der Waals surface area contributed by atoms with Gasteiger partial charge in [0, 0.05) is 5.56 Å². The fraction of sp³-hybridized carbons (Fsp3) is 0.0588. The van der Waals surface area contributed by atoms with Crippen LogP contribution in [0.3, 0.4) is 0 Å². The topological polar surface area (TPSA) is 91.8 Å². The molecule has 0 saturated heterocycles. The zero-order chi connectivity index (χ0) is 30.7. The minimum Gasteiger partial charge on any atom is -0.437 e. The van der Waals surface area contributed by atoms with Gasteiger partial charge in [0.1, 0.15) is 17.7 Å². The molecule has 1 aliphatic rings. The van der Waals surface area contributed by atoms with Gasteiger partial charge in [0.2, 0.25) is 5.88 Å². The fourth-order valence-corrected chi connectivity index (χ4v) is 5.69. The molecule has 220 valence electrons. The number of benzene rings is 4. The zero-order valence-electron chi connectivity index (χ0n) is 23.0. The predicted octanol–water partition coefficient (Wildman–Crippen LogP) is 7.75. The summed E-state index contributed by atoms with van der Waals surface area (Å²) < 4.78 is 56.2. The van der Waals surface area contributed by atoms with Crippen molar-refractivity contribution in [3.63, 3.8) is 0 Å². The van der Waals surface area contributed by atoms with E-state index in [0.29, 0.717) is 33.6 Å². The molecule has 0 saturated carbocycles. The Morgan fingerprint density at radius 2 is 1.47 bits per heavy atom. The lowest BCUT2D eigenvalue weighted by Gasteiger charge is -2.27. The molecule has 1 aliphatic heterocycles. The summed E-state index contributed by atoms with van der Waals surface area (Å²) in [4.78, 5) is 22.9. The normalized spacial score (nSPS) is 14.2.